The van der Waals surface area contributed by atoms with Crippen LogP contribution in [0.2, 0.25) is 0 Å². The molecule has 0 aliphatic carbocycles. The number of nitrogens with zero attached hydrogens (tertiary/aromatic N) is 1. The van der Waals surface area contributed by atoms with Gasteiger partial charge in [-0.25, -0.2) is 0 Å². The number of nitrogens with one attached hydrogen (secondary N) is 1. The zero-order valence-electron chi connectivity index (χ0n) is 13.8. The van der Waals surface area contributed by atoms with E-state index in [-0.39, 0.29) is 17.9 Å². The molecule has 1 aliphatic heterocycles. The van der Waals surface area contributed by atoms with Gasteiger partial charge in [-0.2, -0.15) is 0 Å². The molecule has 0 saturated carbocycles. The van der Waals surface area contributed by atoms with Gasteiger partial charge in [-0.15, -0.1) is 0 Å². The molecule has 2 atom stereocenters. The molecule has 0 bridgehead atoms. The maximum Gasteiger partial charge on any atom is 0.251 e. The summed E-state index contributed by atoms with van der Waals surface area (Å²) < 4.78 is 11.0. The van der Waals surface area contributed by atoms with Gasteiger partial charge in [0.2, 0.25) is 0 Å². The van der Waals surface area contributed by atoms with Crippen molar-refractivity contribution in [1.82, 2.24) is 10.3 Å². The first kappa shape index (κ1) is 16.5. The van der Waals surface area contributed by atoms with Gasteiger partial charge in [-0.3, -0.25) is 9.78 Å². The Morgan fingerprint density at radius 1 is 1.29 bits per heavy atom. The third kappa shape index (κ3) is 4.11. The molecule has 1 aromatic carbocycles. The average molecular weight is 326 g/mol. The van der Waals surface area contributed by atoms with Crippen LogP contribution in [0.25, 0.3) is 0 Å². The van der Waals surface area contributed by atoms with Crippen LogP contribution in [0.5, 0.6) is 5.75 Å². The Balaban J connectivity index is 1.63. The van der Waals surface area contributed by atoms with Crippen LogP contribution in [0.4, 0.5) is 0 Å². The summed E-state index contributed by atoms with van der Waals surface area (Å²) in [6.45, 7) is 3.71. The van der Waals surface area contributed by atoms with Gasteiger partial charge in [0.25, 0.3) is 5.91 Å². The molecule has 5 nitrogen and oxygen atoms in total. The second-order valence-electron chi connectivity index (χ2n) is 5.90. The van der Waals surface area contributed by atoms with Crippen molar-refractivity contribution >= 4 is 5.91 Å². The van der Waals surface area contributed by atoms with Gasteiger partial charge in [-0.1, -0.05) is 6.07 Å². The Labute approximate surface area is 142 Å². The van der Waals surface area contributed by atoms with Crippen LogP contribution in [0.1, 0.15) is 22.8 Å². The lowest BCUT2D eigenvalue weighted by Gasteiger charge is -2.19. The first-order valence-electron chi connectivity index (χ1n) is 8.26. The molecule has 2 aromatic rings. The molecule has 0 spiro atoms. The molecule has 24 heavy (non-hydrogen) atoms. The highest BCUT2D eigenvalue weighted by atomic mass is 16.5. The summed E-state index contributed by atoms with van der Waals surface area (Å²) >= 11 is 0. The molecule has 5 heteroatoms. The fraction of sp³-hybridized carbons (Fsp3) is 0.368. The Kier molecular flexibility index (Phi) is 5.43. The largest absolute Gasteiger partial charge is 0.494 e. The Morgan fingerprint density at radius 2 is 2.12 bits per heavy atom. The number of hydrogen-bond acceptors (Lipinski definition) is 4. The van der Waals surface area contributed by atoms with Crippen LogP contribution in [0.15, 0.2) is 48.8 Å². The minimum Gasteiger partial charge on any atom is -0.494 e. The number of carbonyl (C=O) groups excluding carboxylic acids is 1. The van der Waals surface area contributed by atoms with Gasteiger partial charge in [0.05, 0.1) is 25.9 Å². The molecule has 1 aromatic heterocycles. The molecular formula is C19H22N2O3. The van der Waals surface area contributed by atoms with Crippen molar-refractivity contribution in [2.45, 2.75) is 19.4 Å². The summed E-state index contributed by atoms with van der Waals surface area (Å²) in [5.41, 5.74) is 1.81. The van der Waals surface area contributed by atoms with Crippen LogP contribution in [0.3, 0.4) is 0 Å². The number of pyridine rings is 1. The molecule has 1 amide bonds. The number of hydrogen-bond donors (Lipinski definition) is 1. The number of aromatic nitrogens is 1. The van der Waals surface area contributed by atoms with E-state index < -0.39 is 0 Å². The number of rotatable bonds is 6. The quantitative estimate of drug-likeness (QED) is 0.886. The Hall–Kier alpha value is -2.40. The molecular weight excluding hydrogens is 304 g/mol. The van der Waals surface area contributed by atoms with Crippen LogP contribution >= 0.6 is 0 Å². The van der Waals surface area contributed by atoms with Gasteiger partial charge in [0.15, 0.2) is 0 Å². The topological polar surface area (TPSA) is 60.5 Å². The van der Waals surface area contributed by atoms with Crippen molar-refractivity contribution < 1.29 is 14.3 Å². The zero-order valence-corrected chi connectivity index (χ0v) is 13.8. The minimum absolute atomic E-state index is 0.0152. The van der Waals surface area contributed by atoms with Crippen molar-refractivity contribution in [3.8, 4) is 5.75 Å². The van der Waals surface area contributed by atoms with E-state index in [4.69, 9.17) is 9.47 Å². The number of amides is 1. The number of ether oxygens (including phenoxy) is 2. The summed E-state index contributed by atoms with van der Waals surface area (Å²) in [7, 11) is 0. The normalized spacial score (nSPS) is 19.9. The molecule has 126 valence electrons. The predicted octanol–water partition coefficient (Wildman–Crippen LogP) is 2.47. The highest BCUT2D eigenvalue weighted by Gasteiger charge is 2.29. The summed E-state index contributed by atoms with van der Waals surface area (Å²) in [5.74, 6) is 0.888. The van der Waals surface area contributed by atoms with E-state index in [2.05, 4.69) is 10.3 Å². The molecule has 0 radical (unpaired) electrons. The molecule has 2 heterocycles. The van der Waals surface area contributed by atoms with Crippen molar-refractivity contribution in [3.63, 3.8) is 0 Å². The minimum atomic E-state index is -0.0909. The van der Waals surface area contributed by atoms with Gasteiger partial charge < -0.3 is 14.8 Å². The summed E-state index contributed by atoms with van der Waals surface area (Å²) in [6, 6.07) is 11.3. The van der Waals surface area contributed by atoms with E-state index in [9.17, 15) is 4.79 Å². The van der Waals surface area contributed by atoms with Gasteiger partial charge in [-0.05, 0) is 49.2 Å². The molecule has 1 aliphatic rings. The highest BCUT2D eigenvalue weighted by Crippen LogP contribution is 2.20. The highest BCUT2D eigenvalue weighted by molar-refractivity contribution is 5.94. The fourth-order valence-corrected chi connectivity index (χ4v) is 2.93. The maximum atomic E-state index is 12.5. The first-order chi connectivity index (χ1) is 11.8. The molecule has 1 fully saturated rings. The fourth-order valence-electron chi connectivity index (χ4n) is 2.93. The van der Waals surface area contributed by atoms with Crippen LogP contribution < -0.4 is 10.1 Å². The zero-order chi connectivity index (χ0) is 16.8. The van der Waals surface area contributed by atoms with Crippen molar-refractivity contribution in [3.05, 3.63) is 59.9 Å². The third-order valence-corrected chi connectivity index (χ3v) is 4.17. The lowest BCUT2D eigenvalue weighted by molar-refractivity contribution is 0.0924. The third-order valence-electron chi connectivity index (χ3n) is 4.17. The SMILES string of the molecule is CCOc1cccc(C(=O)N[C@@H]2COC[C@H]2Cc2ccncc2)c1. The second kappa shape index (κ2) is 7.93. The summed E-state index contributed by atoms with van der Waals surface area (Å²) in [5, 5.41) is 3.10. The van der Waals surface area contributed by atoms with E-state index in [0.717, 1.165) is 6.42 Å². The predicted molar refractivity (Wildman–Crippen MR) is 91.1 cm³/mol. The molecule has 3 rings (SSSR count). The maximum absolute atomic E-state index is 12.5. The van der Waals surface area contributed by atoms with Crippen molar-refractivity contribution in [2.24, 2.45) is 5.92 Å². The van der Waals surface area contributed by atoms with E-state index >= 15 is 0 Å². The lowest BCUT2D eigenvalue weighted by atomic mass is 9.95. The first-order valence-corrected chi connectivity index (χ1v) is 8.26. The Morgan fingerprint density at radius 3 is 2.92 bits per heavy atom. The number of carbonyl (C=O) groups is 1. The standard InChI is InChI=1S/C19H22N2O3/c1-2-24-17-5-3-4-15(11-17)19(22)21-18-13-23-12-16(18)10-14-6-8-20-9-7-14/h3-9,11,16,18H,2,10,12-13H2,1H3,(H,21,22)/t16-,18-/m1/s1. The summed E-state index contributed by atoms with van der Waals surface area (Å²) in [6.07, 6.45) is 4.45. The van der Waals surface area contributed by atoms with E-state index in [1.165, 1.54) is 5.56 Å². The molecule has 1 saturated heterocycles. The Bertz CT molecular complexity index is 675. The average Bonchev–Trinajstić information content (AvgIpc) is 3.03. The van der Waals surface area contributed by atoms with Crippen molar-refractivity contribution in [2.75, 3.05) is 19.8 Å². The molecule has 1 N–H and O–H groups in total. The van der Waals surface area contributed by atoms with Gasteiger partial charge >= 0.3 is 0 Å². The van der Waals surface area contributed by atoms with E-state index in [0.29, 0.717) is 31.1 Å². The smallest absolute Gasteiger partial charge is 0.251 e. The van der Waals surface area contributed by atoms with Crippen LogP contribution in [-0.4, -0.2) is 36.8 Å². The number of benzene rings is 1. The van der Waals surface area contributed by atoms with Gasteiger partial charge in [0.1, 0.15) is 5.75 Å². The van der Waals surface area contributed by atoms with E-state index in [1.54, 1.807) is 24.5 Å². The van der Waals surface area contributed by atoms with Crippen LogP contribution in [-0.2, 0) is 11.2 Å². The van der Waals surface area contributed by atoms with E-state index in [1.807, 2.05) is 31.2 Å². The molecule has 0 unspecified atom stereocenters. The monoisotopic (exact) mass is 326 g/mol. The van der Waals surface area contributed by atoms with Gasteiger partial charge in [0, 0.05) is 23.9 Å². The summed E-state index contributed by atoms with van der Waals surface area (Å²) in [4.78, 5) is 16.6. The lowest BCUT2D eigenvalue weighted by Crippen LogP contribution is -2.40. The van der Waals surface area contributed by atoms with Crippen molar-refractivity contribution in [1.29, 1.82) is 0 Å². The van der Waals surface area contributed by atoms with Crippen LogP contribution in [0, 0.1) is 5.92 Å². The second-order valence-corrected chi connectivity index (χ2v) is 5.90.